The molecule has 10 heteroatoms. The number of anilines is 1. The number of rotatable bonds is 6. The Hall–Kier alpha value is -3.79. The van der Waals surface area contributed by atoms with Gasteiger partial charge in [-0.1, -0.05) is 12.1 Å². The van der Waals surface area contributed by atoms with Crippen molar-refractivity contribution in [1.29, 1.82) is 0 Å². The molecule has 2 aromatic heterocycles. The van der Waals surface area contributed by atoms with Crippen LogP contribution in [0.3, 0.4) is 0 Å². The molecule has 0 aliphatic carbocycles. The number of methoxy groups -OCH3 is 1. The normalized spacial score (nSPS) is 11.5. The van der Waals surface area contributed by atoms with Crippen molar-refractivity contribution in [2.24, 2.45) is 0 Å². The molecule has 0 saturated carbocycles. The van der Waals surface area contributed by atoms with Gasteiger partial charge in [0.05, 0.1) is 29.9 Å². The minimum Gasteiger partial charge on any atom is -0.495 e. The summed E-state index contributed by atoms with van der Waals surface area (Å²) in [6.07, 6.45) is 1.38. The lowest BCUT2D eigenvalue weighted by Gasteiger charge is -2.12. The summed E-state index contributed by atoms with van der Waals surface area (Å²) in [4.78, 5) is 30.2. The number of sulfonamides is 1. The topological polar surface area (TPSA) is 130 Å². The Morgan fingerprint density at radius 1 is 1.16 bits per heavy atom. The predicted molar refractivity (Wildman–Crippen MR) is 116 cm³/mol. The van der Waals surface area contributed by atoms with Crippen LogP contribution in [0.1, 0.15) is 17.3 Å². The van der Waals surface area contributed by atoms with Gasteiger partial charge in [-0.15, -0.1) is 0 Å². The highest BCUT2D eigenvalue weighted by atomic mass is 32.2. The molecule has 0 saturated heterocycles. The Kier molecular flexibility index (Phi) is 5.15. The van der Waals surface area contributed by atoms with Gasteiger partial charge in [-0.2, -0.15) is 0 Å². The third-order valence-corrected chi connectivity index (χ3v) is 6.14. The van der Waals surface area contributed by atoms with Gasteiger partial charge in [-0.25, -0.2) is 13.2 Å². The van der Waals surface area contributed by atoms with E-state index in [2.05, 4.69) is 14.7 Å². The van der Waals surface area contributed by atoms with Gasteiger partial charge in [-0.05, 0) is 37.3 Å². The minimum atomic E-state index is -3.99. The third-order valence-electron chi connectivity index (χ3n) is 4.77. The molecule has 3 N–H and O–H groups in total. The molecule has 4 rings (SSSR count). The van der Waals surface area contributed by atoms with Crippen LogP contribution in [0.2, 0.25) is 0 Å². The van der Waals surface area contributed by atoms with Crippen molar-refractivity contribution in [1.82, 2.24) is 9.97 Å². The lowest BCUT2D eigenvalue weighted by Crippen LogP contribution is -2.14. The lowest BCUT2D eigenvalue weighted by molar-refractivity contribution is 0.0529. The van der Waals surface area contributed by atoms with Crippen LogP contribution >= 0.6 is 0 Å². The smallest absolute Gasteiger partial charge is 0.340 e. The van der Waals surface area contributed by atoms with E-state index >= 15 is 0 Å². The Balaban J connectivity index is 1.89. The van der Waals surface area contributed by atoms with E-state index in [0.717, 1.165) is 0 Å². The number of carbonyl (C=O) groups excluding carboxylic acids is 1. The number of benzene rings is 2. The molecule has 0 spiro atoms. The van der Waals surface area contributed by atoms with E-state index in [9.17, 15) is 18.0 Å². The van der Waals surface area contributed by atoms with Gasteiger partial charge in [0.25, 0.3) is 15.6 Å². The Labute approximate surface area is 177 Å². The molecule has 2 heterocycles. The summed E-state index contributed by atoms with van der Waals surface area (Å²) in [5, 5.41) is 0.688. The van der Waals surface area contributed by atoms with E-state index in [-0.39, 0.29) is 28.3 Å². The average molecular weight is 441 g/mol. The first-order valence-electron chi connectivity index (χ1n) is 9.35. The zero-order valence-corrected chi connectivity index (χ0v) is 17.5. The molecule has 9 nitrogen and oxygen atoms in total. The van der Waals surface area contributed by atoms with Gasteiger partial charge in [0, 0.05) is 22.5 Å². The number of esters is 1. The molecule has 0 radical (unpaired) electrons. The quantitative estimate of drug-likeness (QED) is 0.394. The van der Waals surface area contributed by atoms with Crippen molar-refractivity contribution in [2.45, 2.75) is 11.8 Å². The van der Waals surface area contributed by atoms with E-state index in [1.807, 2.05) is 0 Å². The number of nitrogens with one attached hydrogen (secondary N) is 3. The molecule has 2 aromatic carbocycles. The van der Waals surface area contributed by atoms with Gasteiger partial charge < -0.3 is 19.4 Å². The van der Waals surface area contributed by atoms with Crippen LogP contribution in [-0.4, -0.2) is 38.1 Å². The summed E-state index contributed by atoms with van der Waals surface area (Å²) < 4.78 is 38.9. The van der Waals surface area contributed by atoms with E-state index in [1.165, 1.54) is 31.5 Å². The minimum absolute atomic E-state index is 0.0461. The van der Waals surface area contributed by atoms with E-state index in [1.54, 1.807) is 31.2 Å². The predicted octanol–water partition coefficient (Wildman–Crippen LogP) is 3.00. The Morgan fingerprint density at radius 3 is 2.68 bits per heavy atom. The first-order valence-corrected chi connectivity index (χ1v) is 10.8. The number of aromatic amines is 2. The highest BCUT2D eigenvalue weighted by Gasteiger charge is 2.21. The van der Waals surface area contributed by atoms with Crippen molar-refractivity contribution in [3.05, 3.63) is 64.6 Å². The fourth-order valence-corrected chi connectivity index (χ4v) is 4.47. The molecule has 160 valence electrons. The summed E-state index contributed by atoms with van der Waals surface area (Å²) in [6.45, 7) is 1.83. The van der Waals surface area contributed by atoms with Crippen LogP contribution < -0.4 is 15.0 Å². The van der Waals surface area contributed by atoms with Crippen molar-refractivity contribution in [3.8, 4) is 5.75 Å². The van der Waals surface area contributed by atoms with Gasteiger partial charge in [-0.3, -0.25) is 9.52 Å². The Bertz CT molecular complexity index is 1470. The molecule has 0 bridgehead atoms. The largest absolute Gasteiger partial charge is 0.495 e. The van der Waals surface area contributed by atoms with Crippen LogP contribution in [-0.2, 0) is 14.8 Å². The first-order chi connectivity index (χ1) is 14.9. The van der Waals surface area contributed by atoms with Crippen LogP contribution in [0.4, 0.5) is 5.69 Å². The SMILES string of the molecule is CCOC(=O)c1c[nH]c2c(=O)[nH]c3ccc(S(=O)(=O)Nc4ccccc4OC)cc3c12. The van der Waals surface area contributed by atoms with Gasteiger partial charge in [0.15, 0.2) is 0 Å². The van der Waals surface area contributed by atoms with Gasteiger partial charge in [0.2, 0.25) is 0 Å². The number of carbonyl (C=O) groups is 1. The van der Waals surface area contributed by atoms with E-state index < -0.39 is 21.6 Å². The number of pyridine rings is 1. The van der Waals surface area contributed by atoms with Crippen molar-refractivity contribution < 1.29 is 22.7 Å². The van der Waals surface area contributed by atoms with Crippen LogP contribution in [0, 0.1) is 0 Å². The van der Waals surface area contributed by atoms with Crippen molar-refractivity contribution in [3.63, 3.8) is 0 Å². The van der Waals surface area contributed by atoms with E-state index in [4.69, 9.17) is 9.47 Å². The average Bonchev–Trinajstić information content (AvgIpc) is 3.20. The Morgan fingerprint density at radius 2 is 1.94 bits per heavy atom. The summed E-state index contributed by atoms with van der Waals surface area (Å²) in [7, 11) is -2.55. The maximum Gasteiger partial charge on any atom is 0.340 e. The summed E-state index contributed by atoms with van der Waals surface area (Å²) in [6, 6.07) is 10.9. The molecule has 0 fully saturated rings. The standard InChI is InChI=1S/C21H19N3O6S/c1-3-30-21(26)14-11-22-19-18(14)13-10-12(8-9-15(13)23-20(19)25)31(27,28)24-16-6-4-5-7-17(16)29-2/h4-11,22,24H,3H2,1-2H3,(H,23,25). The fraction of sp³-hybridized carbons (Fsp3) is 0.143. The van der Waals surface area contributed by atoms with Crippen molar-refractivity contribution in [2.75, 3.05) is 18.4 Å². The third kappa shape index (κ3) is 3.61. The molecule has 4 aromatic rings. The molecule has 0 atom stereocenters. The monoisotopic (exact) mass is 441 g/mol. The molecule has 0 aliphatic heterocycles. The summed E-state index contributed by atoms with van der Waals surface area (Å²) in [5.41, 5.74) is 0.549. The zero-order chi connectivity index (χ0) is 22.2. The molecular weight excluding hydrogens is 422 g/mol. The van der Waals surface area contributed by atoms with Crippen LogP contribution in [0.15, 0.2) is 58.4 Å². The summed E-state index contributed by atoms with van der Waals surface area (Å²) >= 11 is 0. The van der Waals surface area contributed by atoms with Gasteiger partial charge in [0.1, 0.15) is 11.3 Å². The number of hydrogen-bond acceptors (Lipinski definition) is 6. The number of H-pyrrole nitrogens is 2. The molecule has 0 amide bonds. The molecular formula is C21H19N3O6S. The molecule has 0 aliphatic rings. The zero-order valence-electron chi connectivity index (χ0n) is 16.7. The fourth-order valence-electron chi connectivity index (χ4n) is 3.38. The molecule has 0 unspecified atom stereocenters. The second kappa shape index (κ2) is 7.80. The van der Waals surface area contributed by atoms with Crippen molar-refractivity contribution >= 4 is 43.5 Å². The number of para-hydroxylation sites is 2. The highest BCUT2D eigenvalue weighted by molar-refractivity contribution is 7.92. The summed E-state index contributed by atoms with van der Waals surface area (Å²) in [5.74, 6) is -0.241. The lowest BCUT2D eigenvalue weighted by atomic mass is 10.1. The first kappa shape index (κ1) is 20.5. The maximum absolute atomic E-state index is 13.0. The number of ether oxygens (including phenoxy) is 2. The highest BCUT2D eigenvalue weighted by Crippen LogP contribution is 2.30. The molecule has 31 heavy (non-hydrogen) atoms. The second-order valence-corrected chi connectivity index (χ2v) is 8.32. The van der Waals surface area contributed by atoms with Gasteiger partial charge >= 0.3 is 5.97 Å². The second-order valence-electron chi connectivity index (χ2n) is 6.64. The number of hydrogen-bond donors (Lipinski definition) is 3. The van der Waals surface area contributed by atoms with Crippen LogP contribution in [0.25, 0.3) is 21.8 Å². The number of aromatic nitrogens is 2. The van der Waals surface area contributed by atoms with E-state index in [0.29, 0.717) is 22.0 Å². The van der Waals surface area contributed by atoms with Crippen LogP contribution in [0.5, 0.6) is 5.75 Å². The number of fused-ring (bicyclic) bond motifs is 3. The maximum atomic E-state index is 13.0.